The van der Waals surface area contributed by atoms with Crippen molar-refractivity contribution in [2.45, 2.75) is 26.4 Å². The molecule has 0 saturated heterocycles. The third-order valence-electron chi connectivity index (χ3n) is 4.42. The van der Waals surface area contributed by atoms with Crippen LogP contribution in [-0.4, -0.2) is 20.7 Å². The highest BCUT2D eigenvalue weighted by Crippen LogP contribution is 2.26. The van der Waals surface area contributed by atoms with Crippen LogP contribution < -0.4 is 5.32 Å². The first-order valence-electron chi connectivity index (χ1n) is 8.97. The maximum atomic E-state index is 13.4. The smallest absolute Gasteiger partial charge is 0.252 e. The molecular weight excluding hydrogens is 359 g/mol. The van der Waals surface area contributed by atoms with E-state index in [0.717, 1.165) is 0 Å². The number of furan rings is 1. The predicted octanol–water partition coefficient (Wildman–Crippen LogP) is 4.34. The zero-order chi connectivity index (χ0) is 19.7. The van der Waals surface area contributed by atoms with Crippen molar-refractivity contribution in [3.63, 3.8) is 0 Å². The summed E-state index contributed by atoms with van der Waals surface area (Å²) in [6.45, 7) is 4.21. The van der Waals surface area contributed by atoms with Gasteiger partial charge in [0.25, 0.3) is 5.91 Å². The van der Waals surface area contributed by atoms with Gasteiger partial charge in [-0.05, 0) is 49.7 Å². The van der Waals surface area contributed by atoms with Crippen LogP contribution >= 0.6 is 0 Å². The van der Waals surface area contributed by atoms with Crippen molar-refractivity contribution in [3.05, 3.63) is 71.9 Å². The molecule has 1 amide bonds. The quantitative estimate of drug-likeness (QED) is 0.561. The third kappa shape index (κ3) is 3.38. The van der Waals surface area contributed by atoms with E-state index in [1.54, 1.807) is 47.5 Å². The molecule has 0 saturated carbocycles. The van der Waals surface area contributed by atoms with Crippen molar-refractivity contribution in [3.8, 4) is 11.5 Å². The van der Waals surface area contributed by atoms with Gasteiger partial charge in [-0.25, -0.2) is 14.1 Å². The van der Waals surface area contributed by atoms with Crippen molar-refractivity contribution >= 4 is 16.9 Å². The molecule has 0 aliphatic heterocycles. The molecule has 142 valence electrons. The highest BCUT2D eigenvalue weighted by Gasteiger charge is 2.19. The maximum absolute atomic E-state index is 13.4. The first-order chi connectivity index (χ1) is 13.5. The van der Waals surface area contributed by atoms with Crippen LogP contribution in [0, 0.1) is 5.82 Å². The second-order valence-corrected chi connectivity index (χ2v) is 6.77. The van der Waals surface area contributed by atoms with E-state index < -0.39 is 0 Å². The number of hydrogen-bond acceptors (Lipinski definition) is 4. The molecule has 0 aliphatic rings. The van der Waals surface area contributed by atoms with Crippen LogP contribution in [0.3, 0.4) is 0 Å². The Balaban J connectivity index is 1.73. The molecule has 0 fully saturated rings. The minimum atomic E-state index is -0.337. The summed E-state index contributed by atoms with van der Waals surface area (Å²) in [5.74, 6) is -0.0540. The van der Waals surface area contributed by atoms with Gasteiger partial charge < -0.3 is 9.73 Å². The fourth-order valence-corrected chi connectivity index (χ4v) is 3.06. The normalized spacial score (nSPS) is 11.3. The highest BCUT2D eigenvalue weighted by molar-refractivity contribution is 6.06. The Morgan fingerprint density at radius 2 is 2.11 bits per heavy atom. The first-order valence-corrected chi connectivity index (χ1v) is 8.97. The molecule has 0 atom stereocenters. The lowest BCUT2D eigenvalue weighted by Gasteiger charge is -2.10. The van der Waals surface area contributed by atoms with Crippen LogP contribution in [0.25, 0.3) is 22.5 Å². The summed E-state index contributed by atoms with van der Waals surface area (Å²) >= 11 is 0. The van der Waals surface area contributed by atoms with Gasteiger partial charge >= 0.3 is 0 Å². The number of amides is 1. The van der Waals surface area contributed by atoms with E-state index in [0.29, 0.717) is 33.6 Å². The summed E-state index contributed by atoms with van der Waals surface area (Å²) in [5.41, 5.74) is 2.29. The lowest BCUT2D eigenvalue weighted by Crippen LogP contribution is -2.23. The zero-order valence-corrected chi connectivity index (χ0v) is 15.5. The Hall–Kier alpha value is -3.48. The fraction of sp³-hybridized carbons (Fsp3) is 0.190. The van der Waals surface area contributed by atoms with Crippen LogP contribution in [0.4, 0.5) is 4.39 Å². The fourth-order valence-electron chi connectivity index (χ4n) is 3.06. The number of carbonyl (C=O) groups excluding carboxylic acids is 1. The Bertz CT molecular complexity index is 1130. The summed E-state index contributed by atoms with van der Waals surface area (Å²) in [6.07, 6.45) is 3.20. The number of nitrogens with zero attached hydrogens (tertiary/aromatic N) is 3. The molecule has 4 aromatic rings. The summed E-state index contributed by atoms with van der Waals surface area (Å²) in [4.78, 5) is 17.6. The monoisotopic (exact) mass is 378 g/mol. The molecule has 0 aliphatic carbocycles. The molecule has 7 heteroatoms. The topological polar surface area (TPSA) is 73.0 Å². The summed E-state index contributed by atoms with van der Waals surface area (Å²) in [7, 11) is 0. The molecule has 28 heavy (non-hydrogen) atoms. The standard InChI is InChI=1S/C21H19FN4O2/c1-13(2)26-20-17(12-24-26)16(10-18(25-20)19-7-4-8-28-19)21(27)23-11-14-5-3-6-15(22)9-14/h3-10,12-13H,11H2,1-2H3,(H,23,27). The van der Waals surface area contributed by atoms with Crippen LogP contribution in [0.5, 0.6) is 0 Å². The van der Waals surface area contributed by atoms with Gasteiger partial charge in [-0.15, -0.1) is 0 Å². The number of fused-ring (bicyclic) bond motifs is 1. The first kappa shape index (κ1) is 17.9. The average molecular weight is 378 g/mol. The van der Waals surface area contributed by atoms with Crippen LogP contribution in [0.15, 0.2) is 59.3 Å². The van der Waals surface area contributed by atoms with Gasteiger partial charge in [0.2, 0.25) is 0 Å². The third-order valence-corrected chi connectivity index (χ3v) is 4.42. The Morgan fingerprint density at radius 3 is 2.82 bits per heavy atom. The number of halogens is 1. The van der Waals surface area contributed by atoms with Crippen LogP contribution in [0.2, 0.25) is 0 Å². The van der Waals surface area contributed by atoms with Crippen LogP contribution in [0.1, 0.15) is 35.8 Å². The molecule has 3 heterocycles. The van der Waals surface area contributed by atoms with E-state index >= 15 is 0 Å². The predicted molar refractivity (Wildman–Crippen MR) is 103 cm³/mol. The Labute approximate surface area is 161 Å². The van der Waals surface area contributed by atoms with Gasteiger partial charge in [-0.3, -0.25) is 4.79 Å². The van der Waals surface area contributed by atoms with Crippen molar-refractivity contribution in [1.29, 1.82) is 0 Å². The van der Waals surface area contributed by atoms with Crippen molar-refractivity contribution in [1.82, 2.24) is 20.1 Å². The van der Waals surface area contributed by atoms with Crippen molar-refractivity contribution in [2.24, 2.45) is 0 Å². The second-order valence-electron chi connectivity index (χ2n) is 6.77. The number of rotatable bonds is 5. The number of benzene rings is 1. The van der Waals surface area contributed by atoms with E-state index in [1.807, 2.05) is 13.8 Å². The average Bonchev–Trinajstić information content (AvgIpc) is 3.35. The molecular formula is C21H19FN4O2. The summed E-state index contributed by atoms with van der Waals surface area (Å²) in [6, 6.07) is 11.5. The number of carbonyl (C=O) groups is 1. The number of pyridine rings is 1. The van der Waals surface area contributed by atoms with Gasteiger partial charge in [0.05, 0.1) is 23.4 Å². The highest BCUT2D eigenvalue weighted by atomic mass is 19.1. The van der Waals surface area contributed by atoms with Crippen molar-refractivity contribution in [2.75, 3.05) is 0 Å². The molecule has 0 radical (unpaired) electrons. The SMILES string of the molecule is CC(C)n1ncc2c(C(=O)NCc3cccc(F)c3)cc(-c3ccco3)nc21. The van der Waals surface area contributed by atoms with Gasteiger partial charge in [-0.2, -0.15) is 5.10 Å². The Morgan fingerprint density at radius 1 is 1.25 bits per heavy atom. The molecule has 0 bridgehead atoms. The van der Waals surface area contributed by atoms with E-state index in [-0.39, 0.29) is 24.3 Å². The van der Waals surface area contributed by atoms with Gasteiger partial charge in [-0.1, -0.05) is 12.1 Å². The van der Waals surface area contributed by atoms with Gasteiger partial charge in [0.1, 0.15) is 11.5 Å². The molecule has 1 N–H and O–H groups in total. The molecule has 1 aromatic carbocycles. The van der Waals surface area contributed by atoms with Gasteiger partial charge in [0.15, 0.2) is 11.4 Å². The summed E-state index contributed by atoms with van der Waals surface area (Å²) in [5, 5.41) is 7.88. The van der Waals surface area contributed by atoms with E-state index in [2.05, 4.69) is 15.4 Å². The lowest BCUT2D eigenvalue weighted by molar-refractivity contribution is 0.0952. The number of nitrogens with one attached hydrogen (secondary N) is 1. The van der Waals surface area contributed by atoms with E-state index in [4.69, 9.17) is 4.42 Å². The van der Waals surface area contributed by atoms with Crippen LogP contribution in [-0.2, 0) is 6.54 Å². The molecule has 0 unspecified atom stereocenters. The molecule has 4 rings (SSSR count). The molecule has 3 aromatic heterocycles. The second kappa shape index (κ2) is 7.26. The lowest BCUT2D eigenvalue weighted by atomic mass is 10.1. The van der Waals surface area contributed by atoms with Gasteiger partial charge in [0, 0.05) is 12.6 Å². The largest absolute Gasteiger partial charge is 0.463 e. The molecule has 0 spiro atoms. The van der Waals surface area contributed by atoms with Crippen molar-refractivity contribution < 1.29 is 13.6 Å². The zero-order valence-electron chi connectivity index (χ0n) is 15.5. The number of aromatic nitrogens is 3. The summed E-state index contributed by atoms with van der Waals surface area (Å²) < 4.78 is 20.6. The minimum absolute atomic E-state index is 0.0834. The molecule has 6 nitrogen and oxygen atoms in total. The number of hydrogen-bond donors (Lipinski definition) is 1. The van der Waals surface area contributed by atoms with E-state index in [9.17, 15) is 9.18 Å². The van der Waals surface area contributed by atoms with E-state index in [1.165, 1.54) is 12.1 Å². The minimum Gasteiger partial charge on any atom is -0.463 e. The Kier molecular flexibility index (Phi) is 4.65. The maximum Gasteiger partial charge on any atom is 0.252 e.